The molecule has 2 N–H and O–H groups in total. The van der Waals surface area contributed by atoms with E-state index < -0.39 is 12.0 Å². The standard InChI is InChI=1S/C14H20N2O3S2/c1-3-9-5-6-10(21-9)7-15-14(19)16-11(13(17)18)8-20-12(16)4-2/h5-6,11-12H,3-4,7-8H2,1-2H3,(H,15,19)(H,17,18). The van der Waals surface area contributed by atoms with Crippen molar-refractivity contribution < 1.29 is 14.7 Å². The molecule has 1 fully saturated rings. The van der Waals surface area contributed by atoms with Gasteiger partial charge in [-0.25, -0.2) is 9.59 Å². The van der Waals surface area contributed by atoms with E-state index in [9.17, 15) is 14.7 Å². The first-order chi connectivity index (χ1) is 10.1. The van der Waals surface area contributed by atoms with Gasteiger partial charge in [-0.05, 0) is 25.0 Å². The zero-order chi connectivity index (χ0) is 15.4. The summed E-state index contributed by atoms with van der Waals surface area (Å²) in [4.78, 5) is 27.4. The third kappa shape index (κ3) is 3.71. The summed E-state index contributed by atoms with van der Waals surface area (Å²) >= 11 is 3.21. The van der Waals surface area contributed by atoms with Crippen molar-refractivity contribution in [3.05, 3.63) is 21.9 Å². The molecule has 1 aromatic heterocycles. The van der Waals surface area contributed by atoms with Crippen molar-refractivity contribution in [2.75, 3.05) is 5.75 Å². The largest absolute Gasteiger partial charge is 0.480 e. The second-order valence-electron chi connectivity index (χ2n) is 4.84. The number of nitrogens with zero attached hydrogens (tertiary/aromatic N) is 1. The number of urea groups is 1. The zero-order valence-electron chi connectivity index (χ0n) is 12.2. The maximum absolute atomic E-state index is 12.3. The fourth-order valence-electron chi connectivity index (χ4n) is 2.30. The number of aliphatic carboxylic acids is 1. The lowest BCUT2D eigenvalue weighted by Crippen LogP contribution is -2.49. The van der Waals surface area contributed by atoms with E-state index in [-0.39, 0.29) is 11.4 Å². The van der Waals surface area contributed by atoms with E-state index in [4.69, 9.17) is 0 Å². The molecule has 1 aromatic rings. The highest BCUT2D eigenvalue weighted by Crippen LogP contribution is 2.31. The second kappa shape index (κ2) is 7.17. The van der Waals surface area contributed by atoms with Crippen LogP contribution in [-0.2, 0) is 17.8 Å². The lowest BCUT2D eigenvalue weighted by atomic mass is 10.3. The van der Waals surface area contributed by atoms with Crippen LogP contribution in [0.2, 0.25) is 0 Å². The summed E-state index contributed by atoms with van der Waals surface area (Å²) in [6.45, 7) is 4.52. The topological polar surface area (TPSA) is 69.6 Å². The maximum Gasteiger partial charge on any atom is 0.327 e. The van der Waals surface area contributed by atoms with E-state index in [2.05, 4.69) is 18.3 Å². The number of nitrogens with one attached hydrogen (secondary N) is 1. The average Bonchev–Trinajstić information content (AvgIpc) is 3.10. The van der Waals surface area contributed by atoms with Crippen LogP contribution >= 0.6 is 23.1 Å². The molecule has 1 aliphatic rings. The predicted molar refractivity (Wildman–Crippen MR) is 85.7 cm³/mol. The first-order valence-corrected chi connectivity index (χ1v) is 8.91. The summed E-state index contributed by atoms with van der Waals surface area (Å²) in [5.41, 5.74) is 0. The molecule has 2 atom stereocenters. The van der Waals surface area contributed by atoms with Gasteiger partial charge in [-0.3, -0.25) is 4.90 Å². The van der Waals surface area contributed by atoms with Crippen LogP contribution in [0.3, 0.4) is 0 Å². The number of carbonyl (C=O) groups excluding carboxylic acids is 1. The van der Waals surface area contributed by atoms with Crippen molar-refractivity contribution in [2.24, 2.45) is 0 Å². The van der Waals surface area contributed by atoms with Crippen molar-refractivity contribution in [3.8, 4) is 0 Å². The van der Waals surface area contributed by atoms with E-state index in [0.717, 1.165) is 17.7 Å². The highest BCUT2D eigenvalue weighted by Gasteiger charge is 2.40. The molecule has 7 heteroatoms. The molecule has 1 aliphatic heterocycles. The second-order valence-corrected chi connectivity index (χ2v) is 7.30. The van der Waals surface area contributed by atoms with Crippen LogP contribution in [-0.4, -0.2) is 39.2 Å². The Hall–Kier alpha value is -1.21. The Morgan fingerprint density at radius 1 is 1.38 bits per heavy atom. The summed E-state index contributed by atoms with van der Waals surface area (Å²) in [5.74, 6) is -0.474. The zero-order valence-corrected chi connectivity index (χ0v) is 13.8. The van der Waals surface area contributed by atoms with Gasteiger partial charge in [0.2, 0.25) is 0 Å². The number of carboxylic acids is 1. The van der Waals surface area contributed by atoms with E-state index >= 15 is 0 Å². The van der Waals surface area contributed by atoms with Crippen LogP contribution in [0.5, 0.6) is 0 Å². The summed E-state index contributed by atoms with van der Waals surface area (Å²) in [6.07, 6.45) is 1.74. The van der Waals surface area contributed by atoms with Crippen LogP contribution in [0.15, 0.2) is 12.1 Å². The maximum atomic E-state index is 12.3. The lowest BCUT2D eigenvalue weighted by Gasteiger charge is -2.26. The molecule has 2 amide bonds. The van der Waals surface area contributed by atoms with E-state index in [0.29, 0.717) is 12.3 Å². The quantitative estimate of drug-likeness (QED) is 0.872. The molecule has 2 heterocycles. The molecule has 0 spiro atoms. The molecule has 5 nitrogen and oxygen atoms in total. The van der Waals surface area contributed by atoms with Gasteiger partial charge in [0, 0.05) is 15.5 Å². The molecule has 0 bridgehead atoms. The highest BCUT2D eigenvalue weighted by atomic mass is 32.2. The predicted octanol–water partition coefficient (Wildman–Crippen LogP) is 2.76. The molecule has 2 rings (SSSR count). The summed E-state index contributed by atoms with van der Waals surface area (Å²) in [6, 6.07) is 3.06. The minimum Gasteiger partial charge on any atom is -0.480 e. The Kier molecular flexibility index (Phi) is 5.52. The van der Waals surface area contributed by atoms with Gasteiger partial charge in [-0.15, -0.1) is 23.1 Å². The van der Waals surface area contributed by atoms with Gasteiger partial charge in [0.1, 0.15) is 6.04 Å². The van der Waals surface area contributed by atoms with Gasteiger partial charge in [0.25, 0.3) is 0 Å². The Morgan fingerprint density at radius 3 is 2.67 bits per heavy atom. The number of amides is 2. The fourth-order valence-corrected chi connectivity index (χ4v) is 4.55. The van der Waals surface area contributed by atoms with Crippen molar-refractivity contribution in [1.82, 2.24) is 10.2 Å². The van der Waals surface area contributed by atoms with Gasteiger partial charge in [-0.1, -0.05) is 13.8 Å². The monoisotopic (exact) mass is 328 g/mol. The van der Waals surface area contributed by atoms with Gasteiger partial charge in [0.05, 0.1) is 11.9 Å². The van der Waals surface area contributed by atoms with Crippen molar-refractivity contribution in [1.29, 1.82) is 0 Å². The third-order valence-electron chi connectivity index (χ3n) is 3.44. The molecule has 116 valence electrons. The fraction of sp³-hybridized carbons (Fsp3) is 0.571. The van der Waals surface area contributed by atoms with Gasteiger partial charge in [-0.2, -0.15) is 0 Å². The number of hydrogen-bond acceptors (Lipinski definition) is 4. The number of thiophene rings is 1. The molecule has 21 heavy (non-hydrogen) atoms. The summed E-state index contributed by atoms with van der Waals surface area (Å²) in [7, 11) is 0. The normalized spacial score (nSPS) is 21.5. The van der Waals surface area contributed by atoms with E-state index in [1.165, 1.54) is 21.5 Å². The SMILES string of the molecule is CCc1ccc(CNC(=O)N2C(CC)SCC2C(=O)O)s1. The Labute approximate surface area is 132 Å². The molecule has 0 radical (unpaired) electrons. The summed E-state index contributed by atoms with van der Waals surface area (Å²) in [5, 5.41) is 12.0. The average molecular weight is 328 g/mol. The molecular weight excluding hydrogens is 308 g/mol. The minimum absolute atomic E-state index is 0.0550. The number of aryl methyl sites for hydroxylation is 1. The number of rotatable bonds is 5. The van der Waals surface area contributed by atoms with Crippen LogP contribution in [0, 0.1) is 0 Å². The summed E-state index contributed by atoms with van der Waals surface area (Å²) < 4.78 is 0. The number of thioether (sulfide) groups is 1. The Balaban J connectivity index is 1.98. The molecular formula is C14H20N2O3S2. The van der Waals surface area contributed by atoms with Crippen LogP contribution in [0.1, 0.15) is 30.0 Å². The van der Waals surface area contributed by atoms with Crippen LogP contribution < -0.4 is 5.32 Å². The molecule has 0 aliphatic carbocycles. The van der Waals surface area contributed by atoms with Crippen LogP contribution in [0.4, 0.5) is 4.79 Å². The molecule has 0 aromatic carbocycles. The first-order valence-electron chi connectivity index (χ1n) is 7.05. The van der Waals surface area contributed by atoms with E-state index in [1.807, 2.05) is 13.0 Å². The van der Waals surface area contributed by atoms with E-state index in [1.54, 1.807) is 11.3 Å². The number of carbonyl (C=O) groups is 2. The number of carboxylic acid groups (broad SMARTS) is 1. The highest BCUT2D eigenvalue weighted by molar-refractivity contribution is 8.00. The third-order valence-corrected chi connectivity index (χ3v) is 6.12. The van der Waals surface area contributed by atoms with Gasteiger partial charge in [0.15, 0.2) is 0 Å². The smallest absolute Gasteiger partial charge is 0.327 e. The van der Waals surface area contributed by atoms with Gasteiger partial charge >= 0.3 is 12.0 Å². The Bertz CT molecular complexity index is 518. The van der Waals surface area contributed by atoms with Crippen molar-refractivity contribution >= 4 is 35.1 Å². The van der Waals surface area contributed by atoms with Crippen LogP contribution in [0.25, 0.3) is 0 Å². The molecule has 1 saturated heterocycles. The Morgan fingerprint density at radius 2 is 2.10 bits per heavy atom. The van der Waals surface area contributed by atoms with Crippen molar-refractivity contribution in [3.63, 3.8) is 0 Å². The van der Waals surface area contributed by atoms with Crippen molar-refractivity contribution in [2.45, 2.75) is 44.6 Å². The first kappa shape index (κ1) is 16.2. The lowest BCUT2D eigenvalue weighted by molar-refractivity contribution is -0.141. The van der Waals surface area contributed by atoms with Gasteiger partial charge < -0.3 is 10.4 Å². The molecule has 2 unspecified atom stereocenters. The number of hydrogen-bond donors (Lipinski definition) is 2. The molecule has 0 saturated carbocycles. The minimum atomic E-state index is -0.932.